The third kappa shape index (κ3) is 3.87. The third-order valence-corrected chi connectivity index (χ3v) is 9.55. The van der Waals surface area contributed by atoms with Crippen LogP contribution in [0, 0.1) is 5.92 Å². The van der Waals surface area contributed by atoms with Crippen LogP contribution in [0.4, 0.5) is 0 Å². The number of hydroxylamine groups is 2. The summed E-state index contributed by atoms with van der Waals surface area (Å²) in [4.78, 5) is 29.4. The van der Waals surface area contributed by atoms with Crippen molar-refractivity contribution in [2.24, 2.45) is 5.92 Å². The number of carbonyl (C=O) groups is 2. The van der Waals surface area contributed by atoms with Crippen LogP contribution < -0.4 is 0 Å². The monoisotopic (exact) mass is 349 g/mol. The Morgan fingerprint density at radius 1 is 1.25 bits per heavy atom. The number of carbonyl (C=O) groups excluding carboxylic acids is 2. The Morgan fingerprint density at radius 2 is 1.83 bits per heavy atom. The van der Waals surface area contributed by atoms with Crippen molar-refractivity contribution < 1.29 is 18.9 Å². The van der Waals surface area contributed by atoms with Gasteiger partial charge in [0.05, 0.1) is 24.1 Å². The summed E-state index contributed by atoms with van der Waals surface area (Å²) in [6, 6.07) is 8.65. The van der Waals surface area contributed by atoms with E-state index in [4.69, 9.17) is 9.26 Å². The van der Waals surface area contributed by atoms with Gasteiger partial charge >= 0.3 is 5.97 Å². The van der Waals surface area contributed by atoms with Gasteiger partial charge in [0.25, 0.3) is 5.91 Å². The Kier molecular flexibility index (Phi) is 5.20. The van der Waals surface area contributed by atoms with E-state index < -0.39 is 14.3 Å². The highest BCUT2D eigenvalue weighted by atomic mass is 28.4. The number of benzene rings is 1. The molecule has 1 amide bonds. The van der Waals surface area contributed by atoms with Gasteiger partial charge in [-0.25, -0.2) is 4.79 Å². The summed E-state index contributed by atoms with van der Waals surface area (Å²) < 4.78 is 6.27. The zero-order valence-corrected chi connectivity index (χ0v) is 16.3. The van der Waals surface area contributed by atoms with Crippen LogP contribution in [-0.4, -0.2) is 37.9 Å². The van der Waals surface area contributed by atoms with Crippen molar-refractivity contribution in [1.29, 1.82) is 0 Å². The Balaban J connectivity index is 1.90. The number of β-lactam (4-membered cyclic amide) rings is 1. The molecule has 0 saturated carbocycles. The molecule has 24 heavy (non-hydrogen) atoms. The topological polar surface area (TPSA) is 55.8 Å². The van der Waals surface area contributed by atoms with Crippen molar-refractivity contribution in [3.63, 3.8) is 0 Å². The molecule has 1 aromatic rings. The zero-order valence-electron chi connectivity index (χ0n) is 15.3. The fraction of sp³-hybridized carbons (Fsp3) is 0.556. The molecule has 2 rings (SSSR count). The molecule has 1 aliphatic rings. The predicted octanol–water partition coefficient (Wildman–Crippen LogP) is 3.63. The number of hydrogen-bond acceptors (Lipinski definition) is 4. The van der Waals surface area contributed by atoms with Crippen LogP contribution in [0.2, 0.25) is 18.1 Å². The Labute approximate surface area is 145 Å². The second kappa shape index (κ2) is 6.68. The second-order valence-electron chi connectivity index (χ2n) is 7.83. The first kappa shape index (κ1) is 18.7. The van der Waals surface area contributed by atoms with E-state index >= 15 is 0 Å². The summed E-state index contributed by atoms with van der Waals surface area (Å²) >= 11 is 0. The average molecular weight is 350 g/mol. The molecule has 0 bridgehead atoms. The molecule has 1 unspecified atom stereocenters. The summed E-state index contributed by atoms with van der Waals surface area (Å²) in [6.45, 7) is 13.2. The van der Waals surface area contributed by atoms with Crippen molar-refractivity contribution in [2.45, 2.75) is 51.9 Å². The molecule has 1 aromatic carbocycles. The lowest BCUT2D eigenvalue weighted by Gasteiger charge is -2.44. The summed E-state index contributed by atoms with van der Waals surface area (Å²) in [5.41, 5.74) is 0.430. The lowest BCUT2D eigenvalue weighted by Crippen LogP contribution is -2.59. The zero-order chi connectivity index (χ0) is 18.1. The number of nitrogens with zero attached hydrogens (tertiary/aromatic N) is 1. The predicted molar refractivity (Wildman–Crippen MR) is 94.8 cm³/mol. The quantitative estimate of drug-likeness (QED) is 0.602. The van der Waals surface area contributed by atoms with Crippen LogP contribution >= 0.6 is 0 Å². The first-order valence-corrected chi connectivity index (χ1v) is 11.2. The van der Waals surface area contributed by atoms with Gasteiger partial charge in [-0.05, 0) is 37.2 Å². The molecule has 1 saturated heterocycles. The largest absolute Gasteiger partial charge is 0.413 e. The molecule has 6 heteroatoms. The Hall–Kier alpha value is -1.66. The molecule has 0 N–H and O–H groups in total. The van der Waals surface area contributed by atoms with E-state index in [1.165, 1.54) is 0 Å². The molecule has 1 fully saturated rings. The van der Waals surface area contributed by atoms with Gasteiger partial charge in [-0.1, -0.05) is 39.0 Å². The smallest absolute Gasteiger partial charge is 0.363 e. The molecule has 0 aromatic heterocycles. The first-order valence-electron chi connectivity index (χ1n) is 8.29. The van der Waals surface area contributed by atoms with E-state index in [9.17, 15) is 9.59 Å². The van der Waals surface area contributed by atoms with Crippen molar-refractivity contribution >= 4 is 20.2 Å². The SMILES string of the molecule is C[C@@H](O[Si](C)(C)C(C)(C)C)C1CN(OC(=O)c2ccccc2)C1=O. The Morgan fingerprint density at radius 3 is 2.33 bits per heavy atom. The molecule has 0 radical (unpaired) electrons. The van der Waals surface area contributed by atoms with Crippen molar-refractivity contribution in [3.05, 3.63) is 35.9 Å². The summed E-state index contributed by atoms with van der Waals surface area (Å²) in [6.07, 6.45) is -0.176. The van der Waals surface area contributed by atoms with Gasteiger partial charge < -0.3 is 9.26 Å². The van der Waals surface area contributed by atoms with Gasteiger partial charge in [0.15, 0.2) is 8.32 Å². The highest BCUT2D eigenvalue weighted by Gasteiger charge is 2.47. The Bertz CT molecular complexity index is 609. The summed E-state index contributed by atoms with van der Waals surface area (Å²) in [5.74, 6) is -0.950. The first-order chi connectivity index (χ1) is 11.0. The van der Waals surface area contributed by atoms with Crippen molar-refractivity contribution in [1.82, 2.24) is 5.06 Å². The third-order valence-electron chi connectivity index (χ3n) is 4.98. The van der Waals surface area contributed by atoms with Gasteiger partial charge in [-0.3, -0.25) is 4.79 Å². The number of hydrogen-bond donors (Lipinski definition) is 0. The van der Waals surface area contributed by atoms with Gasteiger partial charge in [-0.15, -0.1) is 0 Å². The van der Waals surface area contributed by atoms with E-state index in [0.717, 1.165) is 5.06 Å². The van der Waals surface area contributed by atoms with Crippen LogP contribution in [0.15, 0.2) is 30.3 Å². The molecular weight excluding hydrogens is 322 g/mol. The van der Waals surface area contributed by atoms with Crippen LogP contribution in [0.5, 0.6) is 0 Å². The highest BCUT2D eigenvalue weighted by molar-refractivity contribution is 6.74. The molecular formula is C18H27NO4Si. The van der Waals surface area contributed by atoms with E-state index in [1.807, 2.05) is 13.0 Å². The van der Waals surface area contributed by atoms with E-state index in [2.05, 4.69) is 33.9 Å². The molecule has 0 spiro atoms. The van der Waals surface area contributed by atoms with Crippen LogP contribution in [0.25, 0.3) is 0 Å². The molecule has 0 aliphatic carbocycles. The van der Waals surface area contributed by atoms with Crippen molar-refractivity contribution in [3.8, 4) is 0 Å². The van der Waals surface area contributed by atoms with Crippen LogP contribution in [-0.2, 0) is 14.1 Å². The van der Waals surface area contributed by atoms with Gasteiger partial charge in [0, 0.05) is 0 Å². The second-order valence-corrected chi connectivity index (χ2v) is 12.6. The number of amides is 1. The molecule has 1 aliphatic heterocycles. The maximum Gasteiger partial charge on any atom is 0.363 e. The fourth-order valence-corrected chi connectivity index (χ4v) is 3.75. The van der Waals surface area contributed by atoms with E-state index in [-0.39, 0.29) is 23.0 Å². The summed E-state index contributed by atoms with van der Waals surface area (Å²) in [7, 11) is -1.93. The van der Waals surface area contributed by atoms with Gasteiger partial charge in [-0.2, -0.15) is 5.06 Å². The fourth-order valence-electron chi connectivity index (χ4n) is 2.30. The number of rotatable bonds is 5. The molecule has 5 nitrogen and oxygen atoms in total. The van der Waals surface area contributed by atoms with Gasteiger partial charge in [0.2, 0.25) is 0 Å². The summed E-state index contributed by atoms with van der Waals surface area (Å²) in [5, 5.41) is 1.22. The van der Waals surface area contributed by atoms with Gasteiger partial charge in [0.1, 0.15) is 0 Å². The minimum atomic E-state index is -1.93. The lowest BCUT2D eigenvalue weighted by atomic mass is 9.96. The molecule has 2 atom stereocenters. The molecule has 132 valence electrons. The normalized spacial score (nSPS) is 19.7. The minimum Gasteiger partial charge on any atom is -0.413 e. The average Bonchev–Trinajstić information content (AvgIpc) is 2.49. The van der Waals surface area contributed by atoms with E-state index in [0.29, 0.717) is 12.1 Å². The van der Waals surface area contributed by atoms with Crippen LogP contribution in [0.3, 0.4) is 0 Å². The highest BCUT2D eigenvalue weighted by Crippen LogP contribution is 2.39. The van der Waals surface area contributed by atoms with Crippen molar-refractivity contribution in [2.75, 3.05) is 6.54 Å². The van der Waals surface area contributed by atoms with Crippen LogP contribution in [0.1, 0.15) is 38.1 Å². The standard InChI is InChI=1S/C18H27NO4Si/c1-13(23-24(5,6)18(2,3)4)15-12-19(16(15)20)22-17(21)14-10-8-7-9-11-14/h7-11,13,15H,12H2,1-6H3/t13-,15?/m1/s1. The van der Waals surface area contributed by atoms with E-state index in [1.54, 1.807) is 24.3 Å². The molecule has 1 heterocycles. The lowest BCUT2D eigenvalue weighted by molar-refractivity contribution is -0.205. The maximum absolute atomic E-state index is 12.3. The minimum absolute atomic E-state index is 0.0908. The maximum atomic E-state index is 12.3.